The fourth-order valence-corrected chi connectivity index (χ4v) is 3.07. The molecule has 0 aromatic heterocycles. The summed E-state index contributed by atoms with van der Waals surface area (Å²) in [5.41, 5.74) is 11.0. The quantitative estimate of drug-likeness (QED) is 0.386. The largest absolute Gasteiger partial charge is 0.466 e. The molecule has 0 N–H and O–H groups in total. The Morgan fingerprint density at radius 1 is 1.00 bits per heavy atom. The van der Waals surface area contributed by atoms with Crippen molar-refractivity contribution in [2.24, 2.45) is 5.11 Å². The maximum Gasteiger partial charge on any atom is 0.210 e. The van der Waals surface area contributed by atoms with Crippen LogP contribution in [0.2, 0.25) is 0 Å². The van der Waals surface area contributed by atoms with E-state index in [0.29, 0.717) is 19.0 Å². The van der Waals surface area contributed by atoms with E-state index in [1.54, 1.807) is 0 Å². The lowest BCUT2D eigenvalue weighted by molar-refractivity contribution is -0.210. The molecule has 146 valence electrons. The molecular weight excluding hydrogens is 358 g/mol. The van der Waals surface area contributed by atoms with Gasteiger partial charge in [0.25, 0.3) is 0 Å². The summed E-state index contributed by atoms with van der Waals surface area (Å²) in [4.78, 5) is 2.94. The van der Waals surface area contributed by atoms with E-state index < -0.39 is 24.5 Å². The van der Waals surface area contributed by atoms with Crippen LogP contribution in [0.25, 0.3) is 10.4 Å². The molecule has 1 heterocycles. The van der Waals surface area contributed by atoms with E-state index in [1.165, 1.54) is 7.11 Å². The van der Waals surface area contributed by atoms with Gasteiger partial charge >= 0.3 is 0 Å². The topological polar surface area (TPSA) is 85.7 Å². The molecule has 0 radical (unpaired) electrons. The van der Waals surface area contributed by atoms with Crippen LogP contribution in [0.5, 0.6) is 0 Å². The molecule has 2 aromatic rings. The van der Waals surface area contributed by atoms with Gasteiger partial charge in [0.2, 0.25) is 6.29 Å². The predicted octanol–water partition coefficient (Wildman–Crippen LogP) is 4.35. The van der Waals surface area contributed by atoms with Gasteiger partial charge in [-0.15, -0.1) is 0 Å². The highest BCUT2D eigenvalue weighted by Crippen LogP contribution is 2.31. The number of ether oxygens (including phenoxy) is 4. The third-order valence-electron chi connectivity index (χ3n) is 4.47. The van der Waals surface area contributed by atoms with Gasteiger partial charge in [-0.05, 0) is 16.7 Å². The van der Waals surface area contributed by atoms with E-state index >= 15 is 0 Å². The van der Waals surface area contributed by atoms with Gasteiger partial charge in [0.05, 0.1) is 13.2 Å². The molecule has 0 saturated carbocycles. The van der Waals surface area contributed by atoms with Crippen molar-refractivity contribution in [2.75, 3.05) is 7.11 Å². The minimum absolute atomic E-state index is 0.331. The number of nitrogens with zero attached hydrogens (tertiary/aromatic N) is 3. The summed E-state index contributed by atoms with van der Waals surface area (Å²) in [6.45, 7) is 4.64. The molecule has 1 aliphatic heterocycles. The van der Waals surface area contributed by atoms with Gasteiger partial charge in [0, 0.05) is 12.0 Å². The third-order valence-corrected chi connectivity index (χ3v) is 4.47. The predicted molar refractivity (Wildman–Crippen MR) is 104 cm³/mol. The Bertz CT molecular complexity index is 809. The van der Waals surface area contributed by atoms with E-state index in [4.69, 9.17) is 24.5 Å². The Morgan fingerprint density at radius 3 is 2.11 bits per heavy atom. The third kappa shape index (κ3) is 4.91. The summed E-state index contributed by atoms with van der Waals surface area (Å²) in [5, 5.41) is 3.85. The van der Waals surface area contributed by atoms with Crippen molar-refractivity contribution >= 4 is 0 Å². The van der Waals surface area contributed by atoms with Gasteiger partial charge in [0.1, 0.15) is 24.0 Å². The molecule has 1 aliphatic rings. The summed E-state index contributed by atoms with van der Waals surface area (Å²) < 4.78 is 23.2. The van der Waals surface area contributed by atoms with Crippen LogP contribution in [0, 0.1) is 0 Å². The van der Waals surface area contributed by atoms with Crippen LogP contribution in [0.15, 0.2) is 78.1 Å². The van der Waals surface area contributed by atoms with Gasteiger partial charge in [0.15, 0.2) is 0 Å². The molecule has 7 heteroatoms. The van der Waals surface area contributed by atoms with Crippen LogP contribution in [-0.2, 0) is 32.2 Å². The number of azide groups is 1. The molecule has 1 fully saturated rings. The smallest absolute Gasteiger partial charge is 0.210 e. The Kier molecular flexibility index (Phi) is 7.06. The minimum Gasteiger partial charge on any atom is -0.466 e. The van der Waals surface area contributed by atoms with Gasteiger partial charge < -0.3 is 18.9 Å². The second kappa shape index (κ2) is 9.92. The number of methoxy groups -OCH3 is 1. The minimum atomic E-state index is -0.791. The molecule has 0 amide bonds. The van der Waals surface area contributed by atoms with Crippen molar-refractivity contribution in [3.8, 4) is 0 Å². The first-order valence-corrected chi connectivity index (χ1v) is 8.96. The van der Waals surface area contributed by atoms with Crippen LogP contribution in [0.1, 0.15) is 11.1 Å². The number of hydrogen-bond donors (Lipinski definition) is 0. The van der Waals surface area contributed by atoms with Gasteiger partial charge in [-0.25, -0.2) is 0 Å². The van der Waals surface area contributed by atoms with E-state index in [-0.39, 0.29) is 0 Å². The maximum absolute atomic E-state index is 9.02. The number of benzene rings is 2. The van der Waals surface area contributed by atoms with Gasteiger partial charge in [-0.1, -0.05) is 72.4 Å². The standard InChI is InChI=1S/C21H23N3O4/c1-15-19(26-13-16-9-5-3-6-10-16)20(18(23-24-22)21(25-2)28-15)27-14-17-11-7-4-8-12-17/h3-12,18-21H,1,13-14H2,2H3/t18-,19-,20-,21+/m1/s1. The zero-order valence-corrected chi connectivity index (χ0v) is 15.7. The first-order chi connectivity index (χ1) is 13.7. The molecule has 1 saturated heterocycles. The maximum atomic E-state index is 9.02. The molecule has 2 aromatic carbocycles. The monoisotopic (exact) mass is 381 g/mol. The fourth-order valence-electron chi connectivity index (χ4n) is 3.07. The molecule has 0 aliphatic carbocycles. The number of rotatable bonds is 8. The van der Waals surface area contributed by atoms with Crippen molar-refractivity contribution in [3.05, 3.63) is 94.6 Å². The molecular formula is C21H23N3O4. The second-order valence-electron chi connectivity index (χ2n) is 6.36. The Balaban J connectivity index is 1.80. The van der Waals surface area contributed by atoms with Crippen molar-refractivity contribution < 1.29 is 18.9 Å². The van der Waals surface area contributed by atoms with Gasteiger partial charge in [-0.2, -0.15) is 0 Å². The molecule has 0 unspecified atom stereocenters. The Labute approximate surface area is 164 Å². The highest BCUT2D eigenvalue weighted by Gasteiger charge is 2.44. The van der Waals surface area contributed by atoms with Crippen LogP contribution >= 0.6 is 0 Å². The number of hydrogen-bond acceptors (Lipinski definition) is 5. The molecule has 7 nitrogen and oxygen atoms in total. The van der Waals surface area contributed by atoms with E-state index in [1.807, 2.05) is 60.7 Å². The summed E-state index contributed by atoms with van der Waals surface area (Å²) in [6.07, 6.45) is -2.00. The highest BCUT2D eigenvalue weighted by molar-refractivity contribution is 5.16. The van der Waals surface area contributed by atoms with Crippen LogP contribution in [0.3, 0.4) is 0 Å². The SMILES string of the molecule is C=C1O[C@H](OC)[C@H](N=[N+]=[N-])[C@@H](OCc2ccccc2)[C@@H]1OCc1ccccc1. The zero-order valence-electron chi connectivity index (χ0n) is 15.7. The van der Waals surface area contributed by atoms with Gasteiger partial charge in [-0.3, -0.25) is 0 Å². The van der Waals surface area contributed by atoms with E-state index in [2.05, 4.69) is 16.6 Å². The second-order valence-corrected chi connectivity index (χ2v) is 6.36. The Morgan fingerprint density at radius 2 is 1.57 bits per heavy atom. The normalized spacial score (nSPS) is 24.2. The zero-order chi connectivity index (χ0) is 19.8. The lowest BCUT2D eigenvalue weighted by Crippen LogP contribution is -2.53. The first-order valence-electron chi connectivity index (χ1n) is 8.96. The average molecular weight is 381 g/mol. The average Bonchev–Trinajstić information content (AvgIpc) is 2.74. The molecule has 4 atom stereocenters. The van der Waals surface area contributed by atoms with Crippen LogP contribution in [0.4, 0.5) is 0 Å². The highest BCUT2D eigenvalue weighted by atomic mass is 16.7. The van der Waals surface area contributed by atoms with Crippen LogP contribution < -0.4 is 0 Å². The summed E-state index contributed by atoms with van der Waals surface area (Å²) in [7, 11) is 1.48. The fraction of sp³-hybridized carbons (Fsp3) is 0.333. The van der Waals surface area contributed by atoms with Crippen LogP contribution in [-0.4, -0.2) is 31.6 Å². The van der Waals surface area contributed by atoms with E-state index in [0.717, 1.165) is 11.1 Å². The van der Waals surface area contributed by atoms with Crippen molar-refractivity contribution in [2.45, 2.75) is 37.8 Å². The molecule has 0 bridgehead atoms. The molecule has 28 heavy (non-hydrogen) atoms. The van der Waals surface area contributed by atoms with Crippen molar-refractivity contribution in [1.82, 2.24) is 0 Å². The first kappa shape index (κ1) is 19.9. The van der Waals surface area contributed by atoms with Crippen molar-refractivity contribution in [3.63, 3.8) is 0 Å². The lowest BCUT2D eigenvalue weighted by atomic mass is 10.0. The lowest BCUT2D eigenvalue weighted by Gasteiger charge is -2.40. The Hall–Kier alpha value is -2.83. The summed E-state index contributed by atoms with van der Waals surface area (Å²) in [5.74, 6) is 0.380. The van der Waals surface area contributed by atoms with Crippen molar-refractivity contribution in [1.29, 1.82) is 0 Å². The summed E-state index contributed by atoms with van der Waals surface area (Å²) >= 11 is 0. The molecule has 3 rings (SSSR count). The molecule has 0 spiro atoms. The summed E-state index contributed by atoms with van der Waals surface area (Å²) in [6, 6.07) is 18.8. The van der Waals surface area contributed by atoms with E-state index in [9.17, 15) is 0 Å².